The van der Waals surface area contributed by atoms with Crippen LogP contribution in [0.5, 0.6) is 0 Å². The molecule has 1 atom stereocenters. The summed E-state index contributed by atoms with van der Waals surface area (Å²) in [4.78, 5) is 10.2. The van der Waals surface area contributed by atoms with Gasteiger partial charge in [0.15, 0.2) is 0 Å². The number of nitriles is 1. The van der Waals surface area contributed by atoms with Gasteiger partial charge in [-0.15, -0.1) is 0 Å². The number of nitrogens with zero attached hydrogens (tertiary/aromatic N) is 1. The van der Waals surface area contributed by atoms with E-state index in [0.29, 0.717) is 0 Å². The molecule has 9 heteroatoms. The van der Waals surface area contributed by atoms with Crippen LogP contribution < -0.4 is 4.72 Å². The highest BCUT2D eigenvalue weighted by Gasteiger charge is 2.28. The molecule has 0 aliphatic carbocycles. The van der Waals surface area contributed by atoms with E-state index in [4.69, 9.17) is 22.0 Å². The average Bonchev–Trinajstić information content (AvgIpc) is 2.36. The molecule has 0 bridgehead atoms. The van der Waals surface area contributed by atoms with Crippen LogP contribution in [-0.2, 0) is 14.8 Å². The van der Waals surface area contributed by atoms with Crippen LogP contribution in [0.3, 0.4) is 0 Å². The molecule has 0 spiro atoms. The fourth-order valence-corrected chi connectivity index (χ4v) is 3.18. The van der Waals surface area contributed by atoms with Crippen molar-refractivity contribution >= 4 is 27.6 Å². The smallest absolute Gasteiger partial charge is 0.306 e. The normalized spacial score (nSPS) is 14.2. The van der Waals surface area contributed by atoms with Gasteiger partial charge in [0.25, 0.3) is 0 Å². The number of rotatable bonds is 6. The van der Waals surface area contributed by atoms with Crippen LogP contribution in [0.15, 0.2) is 23.1 Å². The van der Waals surface area contributed by atoms with Crippen LogP contribution >= 0.6 is 11.6 Å². The molecule has 0 aliphatic rings. The standard InChI is InChI=1S/C12H13ClN2O5S/c1-12(18,5-11(16)17)7-15-21(19,20)10-4-8(6-14)2-3-9(10)13/h2-4,15,18H,5,7H2,1H3,(H,16,17). The minimum Gasteiger partial charge on any atom is -0.481 e. The lowest BCUT2D eigenvalue weighted by molar-refractivity contribution is -0.141. The third kappa shape index (κ3) is 4.99. The van der Waals surface area contributed by atoms with E-state index in [1.807, 2.05) is 0 Å². The van der Waals surface area contributed by atoms with Crippen LogP contribution in [0.1, 0.15) is 18.9 Å². The number of halogens is 1. The van der Waals surface area contributed by atoms with Gasteiger partial charge in [-0.05, 0) is 25.1 Å². The Balaban J connectivity index is 2.98. The molecule has 0 aromatic heterocycles. The summed E-state index contributed by atoms with van der Waals surface area (Å²) in [6.07, 6.45) is -0.624. The molecule has 0 radical (unpaired) electrons. The Morgan fingerprint density at radius 3 is 2.67 bits per heavy atom. The molecule has 114 valence electrons. The number of carboxylic acid groups (broad SMARTS) is 1. The second kappa shape index (κ2) is 6.41. The fourth-order valence-electron chi connectivity index (χ4n) is 1.50. The lowest BCUT2D eigenvalue weighted by Crippen LogP contribution is -2.42. The van der Waals surface area contributed by atoms with Crippen molar-refractivity contribution in [3.63, 3.8) is 0 Å². The van der Waals surface area contributed by atoms with Gasteiger partial charge in [0.2, 0.25) is 10.0 Å². The summed E-state index contributed by atoms with van der Waals surface area (Å²) in [5.74, 6) is -1.26. The second-order valence-corrected chi connectivity index (χ2v) is 6.79. The third-order valence-corrected chi connectivity index (χ3v) is 4.41. The van der Waals surface area contributed by atoms with Crippen LogP contribution in [0, 0.1) is 11.3 Å². The molecule has 0 amide bonds. The molecule has 0 saturated heterocycles. The van der Waals surface area contributed by atoms with Crippen LogP contribution in [0.2, 0.25) is 5.02 Å². The molecule has 1 unspecified atom stereocenters. The maximum atomic E-state index is 12.1. The SMILES string of the molecule is CC(O)(CNS(=O)(=O)c1cc(C#N)ccc1Cl)CC(=O)O. The number of carboxylic acids is 1. The number of nitrogens with one attached hydrogen (secondary N) is 1. The van der Waals surface area contributed by atoms with E-state index in [0.717, 1.165) is 6.07 Å². The van der Waals surface area contributed by atoms with Crippen molar-refractivity contribution in [1.82, 2.24) is 4.72 Å². The summed E-state index contributed by atoms with van der Waals surface area (Å²) in [5.41, 5.74) is -1.64. The van der Waals surface area contributed by atoms with Gasteiger partial charge in [-0.2, -0.15) is 5.26 Å². The number of aliphatic carboxylic acids is 1. The Kier molecular flexibility index (Phi) is 5.31. The molecule has 3 N–H and O–H groups in total. The Hall–Kier alpha value is -1.66. The fraction of sp³-hybridized carbons (Fsp3) is 0.333. The summed E-state index contributed by atoms with van der Waals surface area (Å²) < 4.78 is 26.3. The minimum atomic E-state index is -4.08. The van der Waals surface area contributed by atoms with E-state index in [1.165, 1.54) is 19.1 Å². The van der Waals surface area contributed by atoms with Crippen molar-refractivity contribution in [2.75, 3.05) is 6.54 Å². The Morgan fingerprint density at radius 1 is 1.52 bits per heavy atom. The molecule has 0 saturated carbocycles. The lowest BCUT2D eigenvalue weighted by atomic mass is 10.0. The number of sulfonamides is 1. The summed E-state index contributed by atoms with van der Waals surface area (Å²) >= 11 is 5.79. The number of benzene rings is 1. The predicted molar refractivity (Wildman–Crippen MR) is 74.2 cm³/mol. The molecular formula is C12H13ClN2O5S. The van der Waals surface area contributed by atoms with E-state index in [2.05, 4.69) is 4.72 Å². The van der Waals surface area contributed by atoms with Gasteiger partial charge in [0, 0.05) is 6.54 Å². The van der Waals surface area contributed by atoms with Crippen molar-refractivity contribution in [3.05, 3.63) is 28.8 Å². The topological polar surface area (TPSA) is 127 Å². The largest absolute Gasteiger partial charge is 0.481 e. The van der Waals surface area contributed by atoms with Gasteiger partial charge in [-0.1, -0.05) is 11.6 Å². The monoisotopic (exact) mass is 332 g/mol. The first-order chi connectivity index (χ1) is 9.57. The van der Waals surface area contributed by atoms with Crippen molar-refractivity contribution in [3.8, 4) is 6.07 Å². The zero-order valence-corrected chi connectivity index (χ0v) is 12.6. The summed E-state index contributed by atoms with van der Waals surface area (Å²) in [6.45, 7) is 0.686. The summed E-state index contributed by atoms with van der Waals surface area (Å²) in [6, 6.07) is 5.51. The number of hydrogen-bond acceptors (Lipinski definition) is 5. The van der Waals surface area contributed by atoms with Gasteiger partial charge in [-0.25, -0.2) is 13.1 Å². The molecule has 7 nitrogen and oxygen atoms in total. The maximum Gasteiger partial charge on any atom is 0.306 e. The van der Waals surface area contributed by atoms with E-state index in [9.17, 15) is 18.3 Å². The van der Waals surface area contributed by atoms with Gasteiger partial charge in [-0.3, -0.25) is 4.79 Å². The Labute approximate surface area is 126 Å². The Bertz CT molecular complexity index is 694. The molecule has 0 heterocycles. The van der Waals surface area contributed by atoms with Gasteiger partial charge in [0.05, 0.1) is 28.7 Å². The molecule has 1 aromatic carbocycles. The third-order valence-electron chi connectivity index (χ3n) is 2.52. The van der Waals surface area contributed by atoms with Crippen LogP contribution in [0.25, 0.3) is 0 Å². The van der Waals surface area contributed by atoms with Gasteiger partial charge >= 0.3 is 5.97 Å². The van der Waals surface area contributed by atoms with E-state index < -0.39 is 34.6 Å². The Morgan fingerprint density at radius 2 is 2.14 bits per heavy atom. The summed E-state index contributed by atoms with van der Waals surface area (Å²) in [7, 11) is -4.08. The van der Waals surface area contributed by atoms with Crippen molar-refractivity contribution in [2.45, 2.75) is 23.8 Å². The molecule has 1 aromatic rings. The zero-order chi connectivity index (χ0) is 16.3. The second-order valence-electron chi connectivity index (χ2n) is 4.65. The quantitative estimate of drug-likeness (QED) is 0.704. The highest BCUT2D eigenvalue weighted by Crippen LogP contribution is 2.22. The lowest BCUT2D eigenvalue weighted by Gasteiger charge is -2.21. The molecule has 0 fully saturated rings. The van der Waals surface area contributed by atoms with Gasteiger partial charge in [0.1, 0.15) is 4.90 Å². The van der Waals surface area contributed by atoms with Crippen molar-refractivity contribution in [2.24, 2.45) is 0 Å². The first-order valence-corrected chi connectivity index (χ1v) is 7.57. The number of hydrogen-bond donors (Lipinski definition) is 3. The van der Waals surface area contributed by atoms with E-state index >= 15 is 0 Å². The van der Waals surface area contributed by atoms with Gasteiger partial charge < -0.3 is 10.2 Å². The first-order valence-electron chi connectivity index (χ1n) is 5.71. The number of aliphatic hydroxyl groups is 1. The van der Waals surface area contributed by atoms with Crippen molar-refractivity contribution in [1.29, 1.82) is 5.26 Å². The molecule has 1 rings (SSSR count). The minimum absolute atomic E-state index is 0.0839. The van der Waals surface area contributed by atoms with Crippen LogP contribution in [-0.4, -0.2) is 36.7 Å². The highest BCUT2D eigenvalue weighted by molar-refractivity contribution is 7.89. The molecule has 21 heavy (non-hydrogen) atoms. The van der Waals surface area contributed by atoms with E-state index in [-0.39, 0.29) is 15.5 Å². The molecule has 0 aliphatic heterocycles. The van der Waals surface area contributed by atoms with E-state index in [1.54, 1.807) is 6.07 Å². The van der Waals surface area contributed by atoms with Crippen molar-refractivity contribution < 1.29 is 23.4 Å². The first kappa shape index (κ1) is 17.4. The predicted octanol–water partition coefficient (Wildman–Crippen LogP) is 0.716. The maximum absolute atomic E-state index is 12.1. The zero-order valence-electron chi connectivity index (χ0n) is 11.0. The highest BCUT2D eigenvalue weighted by atomic mass is 35.5. The number of carbonyl (C=O) groups is 1. The summed E-state index contributed by atoms with van der Waals surface area (Å²) in [5, 5.41) is 27.1. The molecular weight excluding hydrogens is 320 g/mol. The average molecular weight is 333 g/mol. The van der Waals surface area contributed by atoms with Crippen LogP contribution in [0.4, 0.5) is 0 Å².